The van der Waals surface area contributed by atoms with E-state index >= 15 is 0 Å². The average Bonchev–Trinajstić information content (AvgIpc) is 3.56. The van der Waals surface area contributed by atoms with E-state index in [1.165, 1.54) is 17.7 Å². The zero-order chi connectivity index (χ0) is 31.0. The van der Waals surface area contributed by atoms with Gasteiger partial charge in [-0.25, -0.2) is 13.9 Å². The van der Waals surface area contributed by atoms with Gasteiger partial charge in [0.05, 0.1) is 30.5 Å². The molecule has 0 bridgehead atoms. The van der Waals surface area contributed by atoms with Crippen molar-refractivity contribution in [1.29, 1.82) is 0 Å². The molecule has 5 aromatic rings. The standard InChI is InChI=1S/C35H33FN6O3/c1-19-32(39-42-16-25(12-31(45-2)33(19)42)35(44)40-17-26(36)13-27(37)18-40)30-11-23-6-5-22(10-29(23)41(30)15-20-3-4-20)21-7-8-28-24(9-21)14-38-34(28)43/h5-12,14,16,20,26-27H,3-4,13,15,17-18,37H2,1-2H3/t26-,27-/m1/s1. The number of nitrogens with zero attached hydrogens (tertiary/aromatic N) is 5. The number of rotatable bonds is 6. The topological polar surface area (TPSA) is 107 Å². The Balaban J connectivity index is 1.23. The fourth-order valence-electron chi connectivity index (χ4n) is 6.85. The predicted molar refractivity (Wildman–Crippen MR) is 171 cm³/mol. The number of pyridine rings is 1. The van der Waals surface area contributed by atoms with Gasteiger partial charge in [-0.3, -0.25) is 9.59 Å². The summed E-state index contributed by atoms with van der Waals surface area (Å²) in [4.78, 5) is 30.9. The van der Waals surface area contributed by atoms with Crippen LogP contribution in [-0.2, 0) is 6.54 Å². The molecule has 8 rings (SSSR count). The van der Waals surface area contributed by atoms with Gasteiger partial charge in [0.25, 0.3) is 11.8 Å². The summed E-state index contributed by atoms with van der Waals surface area (Å²) in [5.74, 6) is 0.646. The number of aliphatic imine (C=N–C) groups is 1. The molecule has 1 saturated carbocycles. The third-order valence-corrected chi connectivity index (χ3v) is 9.34. The van der Waals surface area contributed by atoms with Crippen LogP contribution in [0.1, 0.15) is 51.1 Å². The maximum Gasteiger partial charge on any atom is 0.277 e. The summed E-state index contributed by atoms with van der Waals surface area (Å²) in [5, 5.41) is 6.13. The van der Waals surface area contributed by atoms with Gasteiger partial charge in [0, 0.05) is 53.6 Å². The lowest BCUT2D eigenvalue weighted by Crippen LogP contribution is -2.50. The van der Waals surface area contributed by atoms with Crippen molar-refractivity contribution in [3.05, 3.63) is 77.0 Å². The number of hydrogen-bond acceptors (Lipinski definition) is 5. The molecule has 0 radical (unpaired) electrons. The van der Waals surface area contributed by atoms with Gasteiger partial charge in [0.15, 0.2) is 0 Å². The van der Waals surface area contributed by atoms with E-state index in [-0.39, 0.29) is 24.8 Å². The van der Waals surface area contributed by atoms with Crippen molar-refractivity contribution in [1.82, 2.24) is 19.1 Å². The number of carbonyl (C=O) groups is 2. The van der Waals surface area contributed by atoms with Crippen LogP contribution in [-0.4, -0.2) is 69.5 Å². The molecule has 9 nitrogen and oxygen atoms in total. The number of hydrogen-bond donors (Lipinski definition) is 1. The summed E-state index contributed by atoms with van der Waals surface area (Å²) in [6, 6.07) is 15.8. The fraction of sp³-hybridized carbons (Fsp3) is 0.314. The van der Waals surface area contributed by atoms with E-state index in [0.29, 0.717) is 29.3 Å². The molecule has 2 amide bonds. The van der Waals surface area contributed by atoms with Crippen molar-refractivity contribution in [2.24, 2.45) is 16.6 Å². The van der Waals surface area contributed by atoms with Crippen molar-refractivity contribution in [2.75, 3.05) is 20.2 Å². The number of alkyl halides is 1. The van der Waals surface area contributed by atoms with E-state index in [0.717, 1.165) is 56.6 Å². The maximum absolute atomic E-state index is 14.3. The highest BCUT2D eigenvalue weighted by atomic mass is 19.1. The summed E-state index contributed by atoms with van der Waals surface area (Å²) < 4.78 is 24.1. The second-order valence-corrected chi connectivity index (χ2v) is 12.6. The van der Waals surface area contributed by atoms with E-state index in [2.05, 4.69) is 33.8 Å². The zero-order valence-corrected chi connectivity index (χ0v) is 25.2. The van der Waals surface area contributed by atoms with E-state index in [1.54, 1.807) is 30.1 Å². The van der Waals surface area contributed by atoms with Gasteiger partial charge in [0.2, 0.25) is 0 Å². The molecule has 2 fully saturated rings. The van der Waals surface area contributed by atoms with Crippen molar-refractivity contribution in [2.45, 2.75) is 44.9 Å². The zero-order valence-electron chi connectivity index (χ0n) is 25.2. The number of aryl methyl sites for hydroxylation is 1. The van der Waals surface area contributed by atoms with Crippen LogP contribution in [0.3, 0.4) is 0 Å². The normalized spacial score (nSPS) is 19.6. The number of piperidine rings is 1. The smallest absolute Gasteiger partial charge is 0.277 e. The SMILES string of the molecule is COc1cc(C(=O)N2C[C@H](N)C[C@@H](F)C2)cn2nc(-c3cc4ccc(-c5ccc6c(c5)C=NC6=O)cc4n3CC3CC3)c(C)c12. The first-order chi connectivity index (χ1) is 21.8. The first-order valence-electron chi connectivity index (χ1n) is 15.4. The van der Waals surface area contributed by atoms with Crippen LogP contribution in [0.25, 0.3) is 38.9 Å². The summed E-state index contributed by atoms with van der Waals surface area (Å²) in [7, 11) is 1.58. The van der Waals surface area contributed by atoms with Crippen molar-refractivity contribution >= 4 is 34.4 Å². The Morgan fingerprint density at radius 2 is 1.89 bits per heavy atom. The van der Waals surface area contributed by atoms with E-state index in [4.69, 9.17) is 15.6 Å². The van der Waals surface area contributed by atoms with Gasteiger partial charge in [-0.15, -0.1) is 0 Å². The highest BCUT2D eigenvalue weighted by Gasteiger charge is 2.30. The molecule has 228 valence electrons. The van der Waals surface area contributed by atoms with Crippen molar-refractivity contribution in [3.8, 4) is 28.3 Å². The Kier molecular flexibility index (Phi) is 6.39. The summed E-state index contributed by atoms with van der Waals surface area (Å²) in [6.07, 6.45) is 4.84. The van der Waals surface area contributed by atoms with Crippen molar-refractivity contribution in [3.63, 3.8) is 0 Å². The molecule has 0 spiro atoms. The molecule has 2 aliphatic heterocycles. The lowest BCUT2D eigenvalue weighted by Gasteiger charge is -2.33. The van der Waals surface area contributed by atoms with E-state index in [1.807, 2.05) is 25.1 Å². The van der Waals surface area contributed by atoms with Gasteiger partial charge >= 0.3 is 0 Å². The monoisotopic (exact) mass is 604 g/mol. The first kappa shape index (κ1) is 27.7. The lowest BCUT2D eigenvalue weighted by molar-refractivity contribution is 0.0605. The van der Waals surface area contributed by atoms with Crippen LogP contribution < -0.4 is 10.5 Å². The van der Waals surface area contributed by atoms with E-state index in [9.17, 15) is 14.0 Å². The summed E-state index contributed by atoms with van der Waals surface area (Å²) in [5.41, 5.74) is 14.6. The van der Waals surface area contributed by atoms with Gasteiger partial charge in [-0.2, -0.15) is 5.10 Å². The average molecular weight is 605 g/mol. The summed E-state index contributed by atoms with van der Waals surface area (Å²) in [6.45, 7) is 3.23. The molecule has 5 heterocycles. The Bertz CT molecular complexity index is 2060. The Morgan fingerprint density at radius 1 is 1.09 bits per heavy atom. The number of amides is 2. The number of aromatic nitrogens is 3. The molecule has 45 heavy (non-hydrogen) atoms. The Hall–Kier alpha value is -4.83. The number of halogens is 1. The van der Waals surface area contributed by atoms with Crippen LogP contribution in [0.4, 0.5) is 4.39 Å². The Morgan fingerprint density at radius 3 is 2.67 bits per heavy atom. The third-order valence-electron chi connectivity index (χ3n) is 9.34. The third kappa shape index (κ3) is 4.71. The number of ether oxygens (including phenoxy) is 1. The van der Waals surface area contributed by atoms with Gasteiger partial charge in [-0.1, -0.05) is 18.2 Å². The summed E-state index contributed by atoms with van der Waals surface area (Å²) >= 11 is 0. The number of carbonyl (C=O) groups excluding carboxylic acids is 2. The minimum absolute atomic E-state index is 0.0245. The maximum atomic E-state index is 14.3. The number of methoxy groups -OCH3 is 1. The minimum atomic E-state index is -1.14. The van der Waals surface area contributed by atoms with Crippen LogP contribution in [0.15, 0.2) is 59.7 Å². The molecule has 1 saturated heterocycles. The molecule has 10 heteroatoms. The molecule has 2 N–H and O–H groups in total. The number of likely N-dealkylation sites (tertiary alicyclic amines) is 1. The molecule has 3 aromatic heterocycles. The molecular weight excluding hydrogens is 571 g/mol. The largest absolute Gasteiger partial charge is 0.494 e. The van der Waals surface area contributed by atoms with E-state index < -0.39 is 12.2 Å². The lowest BCUT2D eigenvalue weighted by atomic mass is 9.99. The first-order valence-corrected chi connectivity index (χ1v) is 15.4. The second kappa shape index (κ2) is 10.4. The highest BCUT2D eigenvalue weighted by Crippen LogP contribution is 2.39. The van der Waals surface area contributed by atoms with Crippen LogP contribution in [0.5, 0.6) is 5.75 Å². The predicted octanol–water partition coefficient (Wildman–Crippen LogP) is 5.43. The van der Waals surface area contributed by atoms with Gasteiger partial charge < -0.3 is 19.9 Å². The highest BCUT2D eigenvalue weighted by molar-refractivity contribution is 6.13. The number of benzene rings is 2. The number of fused-ring (bicyclic) bond motifs is 3. The molecular formula is C35H33FN6O3. The molecule has 2 aromatic carbocycles. The quantitative estimate of drug-likeness (QED) is 0.278. The molecule has 0 unspecified atom stereocenters. The van der Waals surface area contributed by atoms with Crippen LogP contribution >= 0.6 is 0 Å². The Labute approximate surface area is 259 Å². The van der Waals surface area contributed by atoms with Crippen molar-refractivity contribution < 1.29 is 18.7 Å². The molecule has 1 aliphatic carbocycles. The van der Waals surface area contributed by atoms with Crippen LogP contribution in [0.2, 0.25) is 0 Å². The van der Waals surface area contributed by atoms with Gasteiger partial charge in [0.1, 0.15) is 23.1 Å². The second-order valence-electron chi connectivity index (χ2n) is 12.6. The fourth-order valence-corrected chi connectivity index (χ4v) is 6.85. The van der Waals surface area contributed by atoms with Gasteiger partial charge in [-0.05, 0) is 73.6 Å². The molecule has 3 aliphatic rings. The van der Waals surface area contributed by atoms with Crippen LogP contribution in [0, 0.1) is 12.8 Å². The minimum Gasteiger partial charge on any atom is -0.494 e. The number of nitrogens with two attached hydrogens (primary N) is 1. The molecule has 2 atom stereocenters.